The van der Waals surface area contributed by atoms with Gasteiger partial charge in [-0.15, -0.1) is 0 Å². The summed E-state index contributed by atoms with van der Waals surface area (Å²) < 4.78 is 0. The Hall–Kier alpha value is -1.12. The number of allylic oxidation sites excluding steroid dienone is 5. The van der Waals surface area contributed by atoms with E-state index in [0.717, 1.165) is 23.0 Å². The van der Waals surface area contributed by atoms with Crippen molar-refractivity contribution in [1.29, 1.82) is 0 Å². The molecule has 2 N–H and O–H groups in total. The lowest BCUT2D eigenvalue weighted by atomic mass is 9.61. The van der Waals surface area contributed by atoms with Gasteiger partial charge in [-0.1, -0.05) is 64.2 Å². The van der Waals surface area contributed by atoms with Crippen molar-refractivity contribution < 1.29 is 10.2 Å². The lowest BCUT2D eigenvalue weighted by Crippen LogP contribution is -2.35. The third-order valence-corrected chi connectivity index (χ3v) is 7.98. The molecular formula is C27H42O2. The molecule has 29 heavy (non-hydrogen) atoms. The van der Waals surface area contributed by atoms with Crippen molar-refractivity contribution in [3.63, 3.8) is 0 Å². The summed E-state index contributed by atoms with van der Waals surface area (Å²) in [5.74, 6) is 2.81. The van der Waals surface area contributed by atoms with Gasteiger partial charge in [0.05, 0.1) is 12.2 Å². The zero-order valence-corrected chi connectivity index (χ0v) is 19.0. The van der Waals surface area contributed by atoms with Crippen LogP contribution in [0, 0.1) is 29.1 Å². The minimum atomic E-state index is -0.602. The van der Waals surface area contributed by atoms with Crippen LogP contribution in [-0.2, 0) is 0 Å². The Kier molecular flexibility index (Phi) is 7.27. The quantitative estimate of drug-likeness (QED) is 0.529. The Morgan fingerprint density at radius 1 is 1.17 bits per heavy atom. The van der Waals surface area contributed by atoms with Gasteiger partial charge in [-0.3, -0.25) is 0 Å². The summed E-state index contributed by atoms with van der Waals surface area (Å²) >= 11 is 0. The SMILES string of the molecule is C=C1/C(=C/C=C2\CCC[C@]3(C)[C@@H]([C@H](C)/C=C/CC(C)C)CC[C@@H]23)C[C@@H](O)C[C@H]1O. The van der Waals surface area contributed by atoms with E-state index >= 15 is 0 Å². The average molecular weight is 399 g/mol. The van der Waals surface area contributed by atoms with Gasteiger partial charge in [-0.2, -0.15) is 0 Å². The monoisotopic (exact) mass is 398 g/mol. The van der Waals surface area contributed by atoms with Crippen LogP contribution in [-0.4, -0.2) is 22.4 Å². The highest BCUT2D eigenvalue weighted by Gasteiger charge is 2.50. The van der Waals surface area contributed by atoms with Gasteiger partial charge >= 0.3 is 0 Å². The molecule has 0 amide bonds. The molecule has 0 bridgehead atoms. The van der Waals surface area contributed by atoms with Crippen LogP contribution in [0.5, 0.6) is 0 Å². The van der Waals surface area contributed by atoms with Crippen molar-refractivity contribution in [3.8, 4) is 0 Å². The molecular weight excluding hydrogens is 356 g/mol. The molecule has 3 rings (SSSR count). The summed E-state index contributed by atoms with van der Waals surface area (Å²) in [6.07, 6.45) is 16.9. The average Bonchev–Trinajstić information content (AvgIpc) is 3.00. The number of rotatable bonds is 5. The Balaban J connectivity index is 1.75. The molecule has 0 heterocycles. The van der Waals surface area contributed by atoms with Crippen molar-refractivity contribution in [3.05, 3.63) is 47.6 Å². The van der Waals surface area contributed by atoms with Gasteiger partial charge in [0.15, 0.2) is 0 Å². The van der Waals surface area contributed by atoms with Gasteiger partial charge < -0.3 is 10.2 Å². The molecule has 3 saturated carbocycles. The molecule has 2 nitrogen and oxygen atoms in total. The van der Waals surface area contributed by atoms with Crippen LogP contribution in [0.2, 0.25) is 0 Å². The van der Waals surface area contributed by atoms with Gasteiger partial charge in [0.25, 0.3) is 0 Å². The molecule has 3 aliphatic rings. The molecule has 0 aromatic rings. The third-order valence-electron chi connectivity index (χ3n) is 7.98. The van der Waals surface area contributed by atoms with E-state index in [2.05, 4.69) is 58.6 Å². The van der Waals surface area contributed by atoms with Crippen LogP contribution in [0.4, 0.5) is 0 Å². The summed E-state index contributed by atoms with van der Waals surface area (Å²) in [7, 11) is 0. The molecule has 3 aliphatic carbocycles. The maximum atomic E-state index is 10.1. The molecule has 0 aromatic heterocycles. The molecule has 6 atom stereocenters. The number of hydrogen-bond acceptors (Lipinski definition) is 2. The third kappa shape index (κ3) is 4.97. The van der Waals surface area contributed by atoms with Crippen LogP contribution in [0.3, 0.4) is 0 Å². The Bertz CT molecular complexity index is 683. The summed E-state index contributed by atoms with van der Waals surface area (Å²) in [5.41, 5.74) is 3.79. The molecule has 2 heteroatoms. The highest BCUT2D eigenvalue weighted by atomic mass is 16.3. The summed E-state index contributed by atoms with van der Waals surface area (Å²) in [4.78, 5) is 0. The smallest absolute Gasteiger partial charge is 0.0811 e. The zero-order valence-electron chi connectivity index (χ0n) is 19.0. The lowest BCUT2D eigenvalue weighted by Gasteiger charge is -2.44. The molecule has 0 spiro atoms. The van der Waals surface area contributed by atoms with E-state index in [1.807, 2.05) is 0 Å². The van der Waals surface area contributed by atoms with Gasteiger partial charge in [-0.25, -0.2) is 0 Å². The fourth-order valence-corrected chi connectivity index (χ4v) is 6.31. The summed E-state index contributed by atoms with van der Waals surface area (Å²) in [6, 6.07) is 0. The topological polar surface area (TPSA) is 40.5 Å². The van der Waals surface area contributed by atoms with Crippen LogP contribution in [0.1, 0.15) is 79.1 Å². The molecule has 3 fully saturated rings. The van der Waals surface area contributed by atoms with Crippen molar-refractivity contribution in [2.45, 2.75) is 91.3 Å². The number of aliphatic hydroxyl groups is 2. The maximum absolute atomic E-state index is 10.1. The van der Waals surface area contributed by atoms with Crippen LogP contribution < -0.4 is 0 Å². The van der Waals surface area contributed by atoms with Gasteiger partial charge in [0.1, 0.15) is 0 Å². The highest BCUT2D eigenvalue weighted by molar-refractivity contribution is 5.38. The van der Waals surface area contributed by atoms with E-state index in [0.29, 0.717) is 30.1 Å². The predicted octanol–water partition coefficient (Wildman–Crippen LogP) is 6.37. The Morgan fingerprint density at radius 2 is 1.93 bits per heavy atom. The molecule has 162 valence electrons. The lowest BCUT2D eigenvalue weighted by molar-refractivity contribution is 0.0862. The fraction of sp³-hybridized carbons (Fsp3) is 0.704. The van der Waals surface area contributed by atoms with Crippen LogP contribution in [0.25, 0.3) is 0 Å². The first kappa shape index (κ1) is 22.6. The second-order valence-electron chi connectivity index (χ2n) is 10.6. The van der Waals surface area contributed by atoms with Crippen LogP contribution >= 0.6 is 0 Å². The second kappa shape index (κ2) is 9.35. The van der Waals surface area contributed by atoms with E-state index in [4.69, 9.17) is 0 Å². The zero-order chi connectivity index (χ0) is 21.2. The highest BCUT2D eigenvalue weighted by Crippen LogP contribution is 2.59. The van der Waals surface area contributed by atoms with E-state index in [9.17, 15) is 10.2 Å². The van der Waals surface area contributed by atoms with Gasteiger partial charge in [0.2, 0.25) is 0 Å². The number of aliphatic hydroxyl groups excluding tert-OH is 2. The normalized spacial score (nSPS) is 39.6. The number of fused-ring (bicyclic) bond motifs is 1. The molecule has 0 radical (unpaired) electrons. The number of hydrogen-bond donors (Lipinski definition) is 2. The molecule has 0 saturated heterocycles. The van der Waals surface area contributed by atoms with E-state index in [-0.39, 0.29) is 0 Å². The van der Waals surface area contributed by atoms with Crippen molar-refractivity contribution in [2.24, 2.45) is 29.1 Å². The van der Waals surface area contributed by atoms with Crippen molar-refractivity contribution in [1.82, 2.24) is 0 Å². The predicted molar refractivity (Wildman–Crippen MR) is 122 cm³/mol. The van der Waals surface area contributed by atoms with Crippen molar-refractivity contribution in [2.75, 3.05) is 0 Å². The molecule has 0 aliphatic heterocycles. The molecule has 0 aromatic carbocycles. The Morgan fingerprint density at radius 3 is 2.66 bits per heavy atom. The fourth-order valence-electron chi connectivity index (χ4n) is 6.31. The second-order valence-corrected chi connectivity index (χ2v) is 10.6. The van der Waals surface area contributed by atoms with Gasteiger partial charge in [0, 0.05) is 6.42 Å². The molecule has 0 unspecified atom stereocenters. The van der Waals surface area contributed by atoms with E-state index in [1.54, 1.807) is 5.57 Å². The minimum Gasteiger partial charge on any atom is -0.393 e. The maximum Gasteiger partial charge on any atom is 0.0811 e. The Labute approximate surface area is 178 Å². The first-order valence-corrected chi connectivity index (χ1v) is 11.8. The first-order chi connectivity index (χ1) is 13.7. The van der Waals surface area contributed by atoms with E-state index in [1.165, 1.54) is 38.5 Å². The summed E-state index contributed by atoms with van der Waals surface area (Å²) in [5, 5.41) is 20.1. The standard InChI is InChI=1S/C27H42O2/c1-18(2)8-6-9-19(3)24-13-14-25-21(10-7-15-27(24,25)5)11-12-22-16-23(28)17-26(29)20(22)4/h6,9,11-12,18-19,23-26,28-29H,4,7-8,10,13-17H2,1-3,5H3/b9-6+,21-11+,22-12+/t19-,23-,24-,25+,26-,27-/m1/s1. The first-order valence-electron chi connectivity index (χ1n) is 11.8. The largest absolute Gasteiger partial charge is 0.393 e. The van der Waals surface area contributed by atoms with E-state index < -0.39 is 12.2 Å². The van der Waals surface area contributed by atoms with Crippen molar-refractivity contribution >= 4 is 0 Å². The van der Waals surface area contributed by atoms with Gasteiger partial charge in [-0.05, 0) is 85.2 Å². The van der Waals surface area contributed by atoms with Crippen LogP contribution in [0.15, 0.2) is 47.6 Å². The minimum absolute atomic E-state index is 0.396. The summed E-state index contributed by atoms with van der Waals surface area (Å²) in [6.45, 7) is 13.6.